The average molecular weight is 423 g/mol. The molecule has 0 unspecified atom stereocenters. The number of carbonyl (C=O) groups excluding carboxylic acids is 1. The van der Waals surface area contributed by atoms with Gasteiger partial charge in [-0.15, -0.1) is 23.7 Å². The van der Waals surface area contributed by atoms with Gasteiger partial charge in [-0.2, -0.15) is 0 Å². The number of thiazole rings is 1. The van der Waals surface area contributed by atoms with Crippen LogP contribution in [0.25, 0.3) is 0 Å². The number of nitrogens with one attached hydrogen (secondary N) is 1. The van der Waals surface area contributed by atoms with E-state index in [1.807, 2.05) is 0 Å². The molecule has 0 radical (unpaired) electrons. The summed E-state index contributed by atoms with van der Waals surface area (Å²) in [6.45, 7) is 0. The Morgan fingerprint density at radius 2 is 2.27 bits per heavy atom. The van der Waals surface area contributed by atoms with E-state index < -0.39 is 0 Å². The zero-order valence-electron chi connectivity index (χ0n) is 11.4. The van der Waals surface area contributed by atoms with Gasteiger partial charge in [0.2, 0.25) is 0 Å². The lowest BCUT2D eigenvalue weighted by molar-refractivity contribution is 0.102. The maximum Gasteiger partial charge on any atom is 0.258 e. The van der Waals surface area contributed by atoms with Crippen molar-refractivity contribution in [3.05, 3.63) is 43.8 Å². The number of benzene rings is 1. The van der Waals surface area contributed by atoms with E-state index in [1.165, 1.54) is 16.2 Å². The monoisotopic (exact) mass is 421 g/mol. The molecule has 1 heterocycles. The average Bonchev–Trinajstić information content (AvgIpc) is 2.79. The summed E-state index contributed by atoms with van der Waals surface area (Å²) < 4.78 is 0.836. The van der Waals surface area contributed by atoms with Gasteiger partial charge in [0.05, 0.1) is 16.3 Å². The fourth-order valence-corrected chi connectivity index (χ4v) is 4.15. The fourth-order valence-electron chi connectivity index (χ4n) is 2.29. The molecule has 1 atom stereocenters. The number of carbonyl (C=O) groups is 1. The van der Waals surface area contributed by atoms with E-state index in [4.69, 9.17) is 17.3 Å². The van der Waals surface area contributed by atoms with E-state index in [9.17, 15) is 4.79 Å². The third-order valence-corrected chi connectivity index (χ3v) is 5.22. The number of aryl methyl sites for hydroxylation is 1. The summed E-state index contributed by atoms with van der Waals surface area (Å²) in [5, 5.41) is 3.84. The maximum atomic E-state index is 12.3. The number of rotatable bonds is 2. The maximum absolute atomic E-state index is 12.3. The Bertz CT molecular complexity index is 707. The number of fused-ring (bicyclic) bond motifs is 1. The van der Waals surface area contributed by atoms with E-state index in [-0.39, 0.29) is 24.4 Å². The van der Waals surface area contributed by atoms with Crippen molar-refractivity contribution < 1.29 is 4.79 Å². The van der Waals surface area contributed by atoms with Crippen LogP contribution in [0.4, 0.5) is 5.13 Å². The normalized spacial score (nSPS) is 16.6. The molecule has 22 heavy (non-hydrogen) atoms. The summed E-state index contributed by atoms with van der Waals surface area (Å²) in [7, 11) is 0. The first kappa shape index (κ1) is 17.7. The fraction of sp³-hybridized carbons (Fsp3) is 0.286. The Morgan fingerprint density at radius 1 is 1.50 bits per heavy atom. The molecule has 1 amide bonds. The SMILES string of the molecule is Cl.N[C@H]1CCc2nc(NC(=O)c3ccc(Br)cc3Cl)sc2C1. The van der Waals surface area contributed by atoms with Gasteiger partial charge in [0.25, 0.3) is 5.91 Å². The first-order valence-corrected chi connectivity index (χ1v) is 8.52. The number of halogens is 3. The number of nitrogens with two attached hydrogens (primary N) is 1. The first-order valence-electron chi connectivity index (χ1n) is 6.53. The van der Waals surface area contributed by atoms with Crippen LogP contribution < -0.4 is 11.1 Å². The highest BCUT2D eigenvalue weighted by Gasteiger charge is 2.21. The molecular weight excluding hydrogens is 409 g/mol. The van der Waals surface area contributed by atoms with E-state index in [1.54, 1.807) is 18.2 Å². The van der Waals surface area contributed by atoms with Crippen molar-refractivity contribution in [2.45, 2.75) is 25.3 Å². The zero-order valence-corrected chi connectivity index (χ0v) is 15.4. The molecule has 1 aliphatic carbocycles. The lowest BCUT2D eigenvalue weighted by Crippen LogP contribution is -2.27. The predicted molar refractivity (Wildman–Crippen MR) is 96.5 cm³/mol. The van der Waals surface area contributed by atoms with Gasteiger partial charge in [-0.25, -0.2) is 4.98 Å². The zero-order chi connectivity index (χ0) is 15.0. The molecule has 3 rings (SSSR count). The van der Waals surface area contributed by atoms with Crippen LogP contribution in [0, 0.1) is 0 Å². The summed E-state index contributed by atoms with van der Waals surface area (Å²) in [6.07, 6.45) is 2.66. The van der Waals surface area contributed by atoms with Crippen LogP contribution in [0.5, 0.6) is 0 Å². The Labute approximate surface area is 152 Å². The molecule has 0 saturated carbocycles. The number of nitrogens with zero attached hydrogens (tertiary/aromatic N) is 1. The van der Waals surface area contributed by atoms with Gasteiger partial charge >= 0.3 is 0 Å². The molecule has 1 aromatic heterocycles. The van der Waals surface area contributed by atoms with Crippen LogP contribution in [-0.4, -0.2) is 16.9 Å². The molecule has 3 N–H and O–H groups in total. The van der Waals surface area contributed by atoms with E-state index in [2.05, 4.69) is 26.2 Å². The van der Waals surface area contributed by atoms with Crippen molar-refractivity contribution in [2.24, 2.45) is 5.73 Å². The summed E-state index contributed by atoms with van der Waals surface area (Å²) >= 11 is 10.9. The van der Waals surface area contributed by atoms with Crippen LogP contribution in [0.1, 0.15) is 27.3 Å². The van der Waals surface area contributed by atoms with Crippen LogP contribution in [0.15, 0.2) is 22.7 Å². The highest BCUT2D eigenvalue weighted by molar-refractivity contribution is 9.10. The van der Waals surface area contributed by atoms with Crippen molar-refractivity contribution in [3.8, 4) is 0 Å². The van der Waals surface area contributed by atoms with Gasteiger partial charge in [-0.1, -0.05) is 27.5 Å². The number of aromatic nitrogens is 1. The lowest BCUT2D eigenvalue weighted by Gasteiger charge is -2.15. The van der Waals surface area contributed by atoms with Gasteiger partial charge in [-0.3, -0.25) is 10.1 Å². The Morgan fingerprint density at radius 3 is 3.00 bits per heavy atom. The van der Waals surface area contributed by atoms with Crippen molar-refractivity contribution in [1.29, 1.82) is 0 Å². The largest absolute Gasteiger partial charge is 0.327 e. The number of hydrogen-bond donors (Lipinski definition) is 2. The lowest BCUT2D eigenvalue weighted by atomic mass is 9.99. The van der Waals surface area contributed by atoms with Crippen molar-refractivity contribution in [2.75, 3.05) is 5.32 Å². The molecule has 8 heteroatoms. The summed E-state index contributed by atoms with van der Waals surface area (Å²) in [4.78, 5) is 17.9. The molecule has 0 fully saturated rings. The highest BCUT2D eigenvalue weighted by atomic mass is 79.9. The van der Waals surface area contributed by atoms with Crippen LogP contribution >= 0.6 is 51.3 Å². The molecule has 0 saturated heterocycles. The summed E-state index contributed by atoms with van der Waals surface area (Å²) in [5.41, 5.74) is 7.44. The molecule has 118 valence electrons. The predicted octanol–water partition coefficient (Wildman–Crippen LogP) is 4.05. The second kappa shape index (κ2) is 7.27. The molecular formula is C14H14BrCl2N3OS. The second-order valence-corrected chi connectivity index (χ2v) is 7.38. The standard InChI is InChI=1S/C14H13BrClN3OS.ClH/c15-7-1-3-9(10(16)5-7)13(20)19-14-18-11-4-2-8(17)6-12(11)21-14;/h1,3,5,8H,2,4,6,17H2,(H,18,19,20);1H/t8-;/m0./s1. The van der Waals surface area contributed by atoms with E-state index in [0.29, 0.717) is 15.7 Å². The smallest absolute Gasteiger partial charge is 0.258 e. The number of amides is 1. The number of anilines is 1. The van der Waals surface area contributed by atoms with E-state index in [0.717, 1.165) is 29.4 Å². The van der Waals surface area contributed by atoms with Gasteiger partial charge in [0, 0.05) is 15.4 Å². The first-order chi connectivity index (χ1) is 10.0. The quantitative estimate of drug-likeness (QED) is 0.766. The van der Waals surface area contributed by atoms with Gasteiger partial charge in [0.1, 0.15) is 0 Å². The molecule has 0 bridgehead atoms. The van der Waals surface area contributed by atoms with Gasteiger partial charge in [0.15, 0.2) is 5.13 Å². The van der Waals surface area contributed by atoms with Crippen LogP contribution in [-0.2, 0) is 12.8 Å². The minimum atomic E-state index is -0.247. The molecule has 1 aliphatic rings. The van der Waals surface area contributed by atoms with Crippen LogP contribution in [0.2, 0.25) is 5.02 Å². The van der Waals surface area contributed by atoms with Crippen molar-refractivity contribution in [3.63, 3.8) is 0 Å². The van der Waals surface area contributed by atoms with E-state index >= 15 is 0 Å². The Kier molecular flexibility index (Phi) is 5.85. The summed E-state index contributed by atoms with van der Waals surface area (Å²) in [6, 6.07) is 5.36. The molecule has 0 aliphatic heterocycles. The third kappa shape index (κ3) is 3.81. The molecule has 2 aromatic rings. The number of hydrogen-bond acceptors (Lipinski definition) is 4. The second-order valence-electron chi connectivity index (χ2n) is 4.97. The highest BCUT2D eigenvalue weighted by Crippen LogP contribution is 2.30. The van der Waals surface area contributed by atoms with Gasteiger partial charge < -0.3 is 5.73 Å². The van der Waals surface area contributed by atoms with Crippen molar-refractivity contribution in [1.82, 2.24) is 4.98 Å². The minimum Gasteiger partial charge on any atom is -0.327 e. The van der Waals surface area contributed by atoms with Crippen molar-refractivity contribution >= 4 is 62.3 Å². The molecule has 0 spiro atoms. The molecule has 1 aromatic carbocycles. The van der Waals surface area contributed by atoms with Gasteiger partial charge in [-0.05, 0) is 37.5 Å². The van der Waals surface area contributed by atoms with Crippen LogP contribution in [0.3, 0.4) is 0 Å². The molecule has 4 nitrogen and oxygen atoms in total. The Balaban J connectivity index is 0.00000176. The third-order valence-electron chi connectivity index (χ3n) is 3.37. The summed E-state index contributed by atoms with van der Waals surface area (Å²) in [5.74, 6) is -0.247. The minimum absolute atomic E-state index is 0. The Hall–Kier alpha value is -0.660. The topological polar surface area (TPSA) is 68.0 Å².